The van der Waals surface area contributed by atoms with Gasteiger partial charge in [0.2, 0.25) is 0 Å². The van der Waals surface area contributed by atoms with E-state index < -0.39 is 5.97 Å². The van der Waals surface area contributed by atoms with E-state index in [2.05, 4.69) is 34.5 Å². The number of carbonyl (C=O) groups is 1. The van der Waals surface area contributed by atoms with E-state index in [1.165, 1.54) is 38.0 Å². The number of anilines is 2. The third-order valence-corrected chi connectivity index (χ3v) is 5.04. The summed E-state index contributed by atoms with van der Waals surface area (Å²) >= 11 is 0. The summed E-state index contributed by atoms with van der Waals surface area (Å²) in [5.74, 6) is -0.774. The van der Waals surface area contributed by atoms with Crippen molar-refractivity contribution >= 4 is 17.3 Å². The first-order chi connectivity index (χ1) is 10.7. The van der Waals surface area contributed by atoms with Gasteiger partial charge in [0.25, 0.3) is 0 Å². The Hall–Kier alpha value is -1.71. The number of hydrogen-bond donors (Lipinski definition) is 2. The van der Waals surface area contributed by atoms with Crippen molar-refractivity contribution in [3.63, 3.8) is 0 Å². The predicted octanol–water partition coefficient (Wildman–Crippen LogP) is 3.73. The van der Waals surface area contributed by atoms with Gasteiger partial charge in [-0.25, -0.2) is 0 Å². The molecule has 0 aromatic heterocycles. The van der Waals surface area contributed by atoms with E-state index >= 15 is 0 Å². The Kier molecular flexibility index (Phi) is 4.86. The van der Waals surface area contributed by atoms with Crippen molar-refractivity contribution in [1.82, 2.24) is 0 Å². The normalized spacial score (nSPS) is 25.7. The Bertz CT molecular complexity index is 486. The molecule has 1 aliphatic carbocycles. The highest BCUT2D eigenvalue weighted by Gasteiger charge is 2.25. The third-order valence-electron chi connectivity index (χ3n) is 5.04. The van der Waals surface area contributed by atoms with Gasteiger partial charge in [-0.1, -0.05) is 0 Å². The van der Waals surface area contributed by atoms with Gasteiger partial charge in [-0.3, -0.25) is 4.79 Å². The second-order valence-electron chi connectivity index (χ2n) is 6.63. The highest BCUT2D eigenvalue weighted by atomic mass is 16.4. The molecule has 0 unspecified atom stereocenters. The second kappa shape index (κ2) is 7.03. The van der Waals surface area contributed by atoms with Gasteiger partial charge in [-0.2, -0.15) is 0 Å². The molecule has 0 spiro atoms. The summed E-state index contributed by atoms with van der Waals surface area (Å²) in [5.41, 5.74) is 2.47. The van der Waals surface area contributed by atoms with Crippen LogP contribution in [0.15, 0.2) is 24.3 Å². The Labute approximate surface area is 132 Å². The van der Waals surface area contributed by atoms with Gasteiger partial charge >= 0.3 is 5.97 Å². The Morgan fingerprint density at radius 1 is 1.00 bits per heavy atom. The maximum atomic E-state index is 11.0. The van der Waals surface area contributed by atoms with Crippen LogP contribution in [0.3, 0.4) is 0 Å². The zero-order valence-corrected chi connectivity index (χ0v) is 13.1. The molecule has 1 aromatic carbocycles. The molecular weight excluding hydrogens is 276 g/mol. The van der Waals surface area contributed by atoms with E-state index in [9.17, 15) is 4.79 Å². The molecule has 1 aromatic rings. The van der Waals surface area contributed by atoms with Crippen LogP contribution in [0.25, 0.3) is 0 Å². The average molecular weight is 302 g/mol. The number of benzene rings is 1. The van der Waals surface area contributed by atoms with E-state index in [-0.39, 0.29) is 5.92 Å². The summed E-state index contributed by atoms with van der Waals surface area (Å²) in [6, 6.07) is 9.14. The van der Waals surface area contributed by atoms with Gasteiger partial charge in [0.05, 0.1) is 5.92 Å². The summed E-state index contributed by atoms with van der Waals surface area (Å²) in [6.07, 6.45) is 7.43. The lowest BCUT2D eigenvalue weighted by molar-refractivity contribution is -0.142. The van der Waals surface area contributed by atoms with Gasteiger partial charge in [0, 0.05) is 30.5 Å². The molecular formula is C18H26N2O2. The molecule has 0 atom stereocenters. The van der Waals surface area contributed by atoms with Crippen molar-refractivity contribution in [3.05, 3.63) is 24.3 Å². The molecule has 1 heterocycles. The molecule has 120 valence electrons. The number of carboxylic acid groups (broad SMARTS) is 1. The first kappa shape index (κ1) is 15.2. The van der Waals surface area contributed by atoms with Gasteiger partial charge in [0.15, 0.2) is 0 Å². The van der Waals surface area contributed by atoms with Crippen LogP contribution in [-0.2, 0) is 4.79 Å². The predicted molar refractivity (Wildman–Crippen MR) is 89.5 cm³/mol. The van der Waals surface area contributed by atoms with Crippen molar-refractivity contribution in [2.75, 3.05) is 23.3 Å². The number of aliphatic carboxylic acids is 1. The van der Waals surface area contributed by atoms with E-state index in [1.54, 1.807) is 0 Å². The standard InChI is InChI=1S/C18H26N2O2/c21-18(22)14-4-6-15(7-5-14)19-16-8-10-17(11-9-16)20-12-2-1-3-13-20/h8-11,14-15,19H,1-7,12-13H2,(H,21,22). The van der Waals surface area contributed by atoms with Crippen LogP contribution < -0.4 is 10.2 Å². The van der Waals surface area contributed by atoms with Crippen LogP contribution >= 0.6 is 0 Å². The molecule has 3 rings (SSSR count). The molecule has 0 amide bonds. The van der Waals surface area contributed by atoms with Crippen LogP contribution in [0, 0.1) is 5.92 Å². The van der Waals surface area contributed by atoms with Crippen molar-refractivity contribution in [2.24, 2.45) is 5.92 Å². The molecule has 4 heteroatoms. The molecule has 1 saturated heterocycles. The van der Waals surface area contributed by atoms with Crippen LogP contribution in [-0.4, -0.2) is 30.2 Å². The minimum absolute atomic E-state index is 0.139. The van der Waals surface area contributed by atoms with Crippen LogP contribution in [0.4, 0.5) is 11.4 Å². The molecule has 1 aliphatic heterocycles. The molecule has 0 radical (unpaired) electrons. The first-order valence-corrected chi connectivity index (χ1v) is 8.57. The first-order valence-electron chi connectivity index (χ1n) is 8.57. The van der Waals surface area contributed by atoms with Gasteiger partial charge < -0.3 is 15.3 Å². The maximum Gasteiger partial charge on any atom is 0.306 e. The number of rotatable bonds is 4. The molecule has 2 N–H and O–H groups in total. The summed E-state index contributed by atoms with van der Waals surface area (Å²) in [5, 5.41) is 12.6. The molecule has 2 fully saturated rings. The molecule has 2 aliphatic rings. The largest absolute Gasteiger partial charge is 0.481 e. The van der Waals surface area contributed by atoms with Gasteiger partial charge in [0.1, 0.15) is 0 Å². The Morgan fingerprint density at radius 2 is 1.64 bits per heavy atom. The van der Waals surface area contributed by atoms with E-state index in [1.807, 2.05) is 0 Å². The molecule has 4 nitrogen and oxygen atoms in total. The van der Waals surface area contributed by atoms with Gasteiger partial charge in [-0.15, -0.1) is 0 Å². The van der Waals surface area contributed by atoms with Crippen LogP contribution in [0.1, 0.15) is 44.9 Å². The second-order valence-corrected chi connectivity index (χ2v) is 6.63. The summed E-state index contributed by atoms with van der Waals surface area (Å²) in [7, 11) is 0. The quantitative estimate of drug-likeness (QED) is 0.890. The van der Waals surface area contributed by atoms with Crippen LogP contribution in [0.5, 0.6) is 0 Å². The average Bonchev–Trinajstić information content (AvgIpc) is 2.57. The fourth-order valence-electron chi connectivity index (χ4n) is 3.64. The smallest absolute Gasteiger partial charge is 0.306 e. The highest BCUT2D eigenvalue weighted by molar-refractivity contribution is 5.70. The Balaban J connectivity index is 1.52. The summed E-state index contributed by atoms with van der Waals surface area (Å²) < 4.78 is 0. The number of hydrogen-bond acceptors (Lipinski definition) is 3. The number of piperidine rings is 1. The lowest BCUT2D eigenvalue weighted by Crippen LogP contribution is -2.30. The fraction of sp³-hybridized carbons (Fsp3) is 0.611. The summed E-state index contributed by atoms with van der Waals surface area (Å²) in [6.45, 7) is 2.35. The topological polar surface area (TPSA) is 52.6 Å². The molecule has 22 heavy (non-hydrogen) atoms. The van der Waals surface area contributed by atoms with Gasteiger partial charge in [-0.05, 0) is 69.2 Å². The lowest BCUT2D eigenvalue weighted by Gasteiger charge is -2.30. The van der Waals surface area contributed by atoms with Crippen molar-refractivity contribution in [2.45, 2.75) is 51.0 Å². The van der Waals surface area contributed by atoms with E-state index in [0.717, 1.165) is 31.4 Å². The number of carboxylic acids is 1. The Morgan fingerprint density at radius 3 is 2.23 bits per heavy atom. The monoisotopic (exact) mass is 302 g/mol. The SMILES string of the molecule is O=C(O)C1CCC(Nc2ccc(N3CCCCC3)cc2)CC1. The van der Waals surface area contributed by atoms with Crippen molar-refractivity contribution < 1.29 is 9.90 Å². The highest BCUT2D eigenvalue weighted by Crippen LogP contribution is 2.28. The van der Waals surface area contributed by atoms with Crippen LogP contribution in [0.2, 0.25) is 0 Å². The zero-order valence-electron chi connectivity index (χ0n) is 13.1. The zero-order chi connectivity index (χ0) is 15.4. The minimum atomic E-state index is -0.635. The minimum Gasteiger partial charge on any atom is -0.481 e. The van der Waals surface area contributed by atoms with E-state index in [4.69, 9.17) is 5.11 Å². The van der Waals surface area contributed by atoms with E-state index in [0.29, 0.717) is 6.04 Å². The number of nitrogens with one attached hydrogen (secondary N) is 1. The van der Waals surface area contributed by atoms with Crippen molar-refractivity contribution in [3.8, 4) is 0 Å². The number of nitrogens with zero attached hydrogens (tertiary/aromatic N) is 1. The van der Waals surface area contributed by atoms with Crippen molar-refractivity contribution in [1.29, 1.82) is 0 Å². The third kappa shape index (κ3) is 3.73. The molecule has 0 bridgehead atoms. The maximum absolute atomic E-state index is 11.0. The summed E-state index contributed by atoms with van der Waals surface area (Å²) in [4.78, 5) is 13.4. The lowest BCUT2D eigenvalue weighted by atomic mass is 9.86. The fourth-order valence-corrected chi connectivity index (χ4v) is 3.64. The molecule has 1 saturated carbocycles.